The molecule has 2 rings (SSSR count). The zero-order chi connectivity index (χ0) is 10.1. The standard InChI is InChI=1S/C10H8Cl2N2/c1-14-9(6-13-10(14)12)7-4-2-3-5-8(7)11/h2-6H,1H3. The number of hydrogen-bond donors (Lipinski definition) is 0. The van der Waals surface area contributed by atoms with Crippen LogP contribution in [0.2, 0.25) is 10.3 Å². The van der Waals surface area contributed by atoms with E-state index in [4.69, 9.17) is 23.2 Å². The number of imidazole rings is 1. The van der Waals surface area contributed by atoms with Crippen LogP contribution in [0.1, 0.15) is 0 Å². The second kappa shape index (κ2) is 3.64. The van der Waals surface area contributed by atoms with Crippen LogP contribution in [0.15, 0.2) is 30.5 Å². The highest BCUT2D eigenvalue weighted by Gasteiger charge is 2.08. The molecule has 4 heteroatoms. The molecule has 0 aliphatic heterocycles. The summed E-state index contributed by atoms with van der Waals surface area (Å²) < 4.78 is 1.79. The molecule has 0 radical (unpaired) electrons. The minimum absolute atomic E-state index is 0.458. The number of benzene rings is 1. The molecule has 0 aliphatic rings. The predicted molar refractivity (Wildman–Crippen MR) is 58.7 cm³/mol. The van der Waals surface area contributed by atoms with Crippen LogP contribution in [0, 0.1) is 0 Å². The second-order valence-electron chi connectivity index (χ2n) is 2.95. The van der Waals surface area contributed by atoms with E-state index in [1.54, 1.807) is 10.8 Å². The van der Waals surface area contributed by atoms with Gasteiger partial charge in [0.15, 0.2) is 0 Å². The van der Waals surface area contributed by atoms with Crippen LogP contribution in [-0.2, 0) is 7.05 Å². The van der Waals surface area contributed by atoms with Gasteiger partial charge in [-0.05, 0) is 17.7 Å². The number of aromatic nitrogens is 2. The minimum atomic E-state index is 0.458. The fourth-order valence-electron chi connectivity index (χ4n) is 1.31. The van der Waals surface area contributed by atoms with E-state index < -0.39 is 0 Å². The Morgan fingerprint density at radius 3 is 2.50 bits per heavy atom. The van der Waals surface area contributed by atoms with Gasteiger partial charge < -0.3 is 4.57 Å². The molecule has 0 N–H and O–H groups in total. The monoisotopic (exact) mass is 226 g/mol. The molecule has 0 saturated heterocycles. The van der Waals surface area contributed by atoms with E-state index >= 15 is 0 Å². The Balaban J connectivity index is 2.60. The average molecular weight is 227 g/mol. The summed E-state index contributed by atoms with van der Waals surface area (Å²) >= 11 is 11.9. The number of hydrogen-bond acceptors (Lipinski definition) is 1. The van der Waals surface area contributed by atoms with Crippen LogP contribution < -0.4 is 0 Å². The Kier molecular flexibility index (Phi) is 2.48. The van der Waals surface area contributed by atoms with Crippen molar-refractivity contribution in [3.63, 3.8) is 0 Å². The Bertz CT molecular complexity index is 463. The van der Waals surface area contributed by atoms with E-state index in [0.717, 1.165) is 11.3 Å². The van der Waals surface area contributed by atoms with E-state index in [9.17, 15) is 0 Å². The van der Waals surface area contributed by atoms with Crippen LogP contribution in [0.5, 0.6) is 0 Å². The zero-order valence-corrected chi connectivity index (χ0v) is 9.05. The molecular weight excluding hydrogens is 219 g/mol. The van der Waals surface area contributed by atoms with Gasteiger partial charge in [-0.25, -0.2) is 4.98 Å². The molecule has 0 amide bonds. The molecule has 0 aliphatic carbocycles. The zero-order valence-electron chi connectivity index (χ0n) is 7.54. The Hall–Kier alpha value is -0.990. The van der Waals surface area contributed by atoms with Crippen molar-refractivity contribution in [2.24, 2.45) is 7.05 Å². The fraction of sp³-hybridized carbons (Fsp3) is 0.100. The molecule has 0 saturated carbocycles. The normalized spacial score (nSPS) is 10.5. The summed E-state index contributed by atoms with van der Waals surface area (Å²) in [6, 6.07) is 7.61. The highest BCUT2D eigenvalue weighted by molar-refractivity contribution is 6.33. The van der Waals surface area contributed by atoms with E-state index in [1.807, 2.05) is 31.3 Å². The largest absolute Gasteiger partial charge is 0.318 e. The van der Waals surface area contributed by atoms with Gasteiger partial charge in [0, 0.05) is 17.6 Å². The lowest BCUT2D eigenvalue weighted by Gasteiger charge is -2.04. The van der Waals surface area contributed by atoms with Gasteiger partial charge in [-0.2, -0.15) is 0 Å². The highest BCUT2D eigenvalue weighted by atomic mass is 35.5. The summed E-state index contributed by atoms with van der Waals surface area (Å²) in [5.74, 6) is 0. The van der Waals surface area contributed by atoms with E-state index in [1.165, 1.54) is 0 Å². The van der Waals surface area contributed by atoms with Crippen molar-refractivity contribution >= 4 is 23.2 Å². The van der Waals surface area contributed by atoms with Gasteiger partial charge in [-0.3, -0.25) is 0 Å². The smallest absolute Gasteiger partial charge is 0.202 e. The number of halogens is 2. The molecule has 1 aromatic heterocycles. The molecule has 0 bridgehead atoms. The first-order valence-corrected chi connectivity index (χ1v) is 4.88. The molecule has 1 aromatic carbocycles. The van der Waals surface area contributed by atoms with Gasteiger partial charge in [-0.15, -0.1) is 0 Å². The fourth-order valence-corrected chi connectivity index (χ4v) is 1.68. The summed E-state index contributed by atoms with van der Waals surface area (Å²) in [5.41, 5.74) is 1.86. The van der Waals surface area contributed by atoms with Gasteiger partial charge in [0.1, 0.15) is 0 Å². The molecule has 0 atom stereocenters. The number of nitrogens with zero attached hydrogens (tertiary/aromatic N) is 2. The third-order valence-electron chi connectivity index (χ3n) is 2.08. The summed E-state index contributed by atoms with van der Waals surface area (Å²) in [5, 5.41) is 1.16. The molecule has 2 nitrogen and oxygen atoms in total. The topological polar surface area (TPSA) is 17.8 Å². The van der Waals surface area contributed by atoms with Gasteiger partial charge >= 0.3 is 0 Å². The van der Waals surface area contributed by atoms with Gasteiger partial charge in [0.05, 0.1) is 11.9 Å². The number of rotatable bonds is 1. The Labute approximate surface area is 92.1 Å². The lowest BCUT2D eigenvalue weighted by molar-refractivity contribution is 0.922. The van der Waals surface area contributed by atoms with Crippen molar-refractivity contribution in [1.82, 2.24) is 9.55 Å². The summed E-state index contributed by atoms with van der Waals surface area (Å²) in [7, 11) is 1.86. The maximum Gasteiger partial charge on any atom is 0.202 e. The molecular formula is C10H8Cl2N2. The lowest BCUT2D eigenvalue weighted by Crippen LogP contribution is -1.91. The first kappa shape index (κ1) is 9.56. The SMILES string of the molecule is Cn1c(-c2ccccc2Cl)cnc1Cl. The van der Waals surface area contributed by atoms with Crippen molar-refractivity contribution in [2.75, 3.05) is 0 Å². The molecule has 72 valence electrons. The quantitative estimate of drug-likeness (QED) is 0.730. The van der Waals surface area contributed by atoms with Crippen molar-refractivity contribution in [1.29, 1.82) is 0 Å². The third kappa shape index (κ3) is 1.51. The van der Waals surface area contributed by atoms with Gasteiger partial charge in [0.25, 0.3) is 0 Å². The lowest BCUT2D eigenvalue weighted by atomic mass is 10.2. The van der Waals surface area contributed by atoms with Gasteiger partial charge in [-0.1, -0.05) is 29.8 Å². The second-order valence-corrected chi connectivity index (χ2v) is 3.70. The minimum Gasteiger partial charge on any atom is -0.318 e. The van der Waals surface area contributed by atoms with Crippen molar-refractivity contribution in [3.05, 3.63) is 40.8 Å². The first-order valence-electron chi connectivity index (χ1n) is 4.12. The maximum atomic E-state index is 6.06. The molecule has 1 heterocycles. The van der Waals surface area contributed by atoms with E-state index in [-0.39, 0.29) is 0 Å². The molecule has 14 heavy (non-hydrogen) atoms. The first-order chi connectivity index (χ1) is 6.70. The summed E-state index contributed by atoms with van der Waals surface area (Å²) in [6.07, 6.45) is 1.71. The molecule has 0 fully saturated rings. The summed E-state index contributed by atoms with van der Waals surface area (Å²) in [4.78, 5) is 4.00. The van der Waals surface area contributed by atoms with Crippen LogP contribution in [0.3, 0.4) is 0 Å². The van der Waals surface area contributed by atoms with Crippen molar-refractivity contribution in [2.45, 2.75) is 0 Å². The predicted octanol–water partition coefficient (Wildman–Crippen LogP) is 3.39. The highest BCUT2D eigenvalue weighted by Crippen LogP contribution is 2.28. The van der Waals surface area contributed by atoms with E-state index in [2.05, 4.69) is 4.98 Å². The Morgan fingerprint density at radius 2 is 1.93 bits per heavy atom. The molecule has 2 aromatic rings. The third-order valence-corrected chi connectivity index (χ3v) is 2.76. The molecule has 0 unspecified atom stereocenters. The van der Waals surface area contributed by atoms with Crippen LogP contribution in [0.25, 0.3) is 11.3 Å². The van der Waals surface area contributed by atoms with Crippen molar-refractivity contribution < 1.29 is 0 Å². The van der Waals surface area contributed by atoms with Crippen LogP contribution in [-0.4, -0.2) is 9.55 Å². The maximum absolute atomic E-state index is 6.06. The van der Waals surface area contributed by atoms with Crippen LogP contribution >= 0.6 is 23.2 Å². The van der Waals surface area contributed by atoms with Gasteiger partial charge in [0.2, 0.25) is 5.28 Å². The van der Waals surface area contributed by atoms with Crippen LogP contribution in [0.4, 0.5) is 0 Å². The van der Waals surface area contributed by atoms with Crippen molar-refractivity contribution in [3.8, 4) is 11.3 Å². The average Bonchev–Trinajstić information content (AvgIpc) is 2.49. The summed E-state index contributed by atoms with van der Waals surface area (Å²) in [6.45, 7) is 0. The Morgan fingerprint density at radius 1 is 1.21 bits per heavy atom. The van der Waals surface area contributed by atoms with E-state index in [0.29, 0.717) is 10.3 Å². The molecule has 0 spiro atoms.